The van der Waals surface area contributed by atoms with Gasteiger partial charge in [0.15, 0.2) is 11.5 Å². The molecule has 2 aromatic carbocycles. The molecule has 1 saturated heterocycles. The highest BCUT2D eigenvalue weighted by atomic mass is 19.4. The molecule has 3 rings (SSSR count). The number of amides is 1. The SMILES string of the molecule is CCCOc1cc(C(C=Cc2ccc(C(F)(F)F)cc2)=CC(=O)N2CCOCC2)ccc1OC. The second-order valence-electron chi connectivity index (χ2n) is 7.70. The van der Waals surface area contributed by atoms with E-state index in [0.717, 1.165) is 24.1 Å². The van der Waals surface area contributed by atoms with Crippen molar-refractivity contribution in [3.05, 3.63) is 71.3 Å². The Hall–Kier alpha value is -3.26. The number of morpholine rings is 1. The van der Waals surface area contributed by atoms with Crippen LogP contribution in [0.25, 0.3) is 11.6 Å². The second-order valence-corrected chi connectivity index (χ2v) is 7.70. The summed E-state index contributed by atoms with van der Waals surface area (Å²) in [4.78, 5) is 14.6. The third kappa shape index (κ3) is 6.87. The molecule has 1 aliphatic rings. The lowest BCUT2D eigenvalue weighted by atomic mass is 10.0. The smallest absolute Gasteiger partial charge is 0.416 e. The van der Waals surface area contributed by atoms with Crippen LogP contribution in [0, 0.1) is 0 Å². The van der Waals surface area contributed by atoms with Crippen molar-refractivity contribution in [1.82, 2.24) is 4.90 Å². The fourth-order valence-electron chi connectivity index (χ4n) is 3.39. The summed E-state index contributed by atoms with van der Waals surface area (Å²) in [5, 5.41) is 0. The summed E-state index contributed by atoms with van der Waals surface area (Å²) in [7, 11) is 1.55. The molecule has 1 aliphatic heterocycles. The summed E-state index contributed by atoms with van der Waals surface area (Å²) in [6.07, 6.45) is 1.34. The van der Waals surface area contributed by atoms with Crippen LogP contribution in [0.2, 0.25) is 0 Å². The van der Waals surface area contributed by atoms with Crippen LogP contribution in [0.15, 0.2) is 54.6 Å². The largest absolute Gasteiger partial charge is 0.493 e. The average molecular weight is 476 g/mol. The minimum absolute atomic E-state index is 0.165. The number of nitrogens with zero attached hydrogens (tertiary/aromatic N) is 1. The van der Waals surface area contributed by atoms with Gasteiger partial charge in [0.25, 0.3) is 0 Å². The molecule has 0 aliphatic carbocycles. The van der Waals surface area contributed by atoms with Crippen molar-refractivity contribution in [3.63, 3.8) is 0 Å². The molecule has 1 fully saturated rings. The van der Waals surface area contributed by atoms with Crippen molar-refractivity contribution in [2.75, 3.05) is 40.0 Å². The Balaban J connectivity index is 1.94. The summed E-state index contributed by atoms with van der Waals surface area (Å²) in [5.41, 5.74) is 1.18. The molecule has 34 heavy (non-hydrogen) atoms. The molecule has 0 N–H and O–H groups in total. The zero-order valence-corrected chi connectivity index (χ0v) is 19.2. The van der Waals surface area contributed by atoms with Gasteiger partial charge in [-0.05, 0) is 47.4 Å². The van der Waals surface area contributed by atoms with Gasteiger partial charge in [-0.25, -0.2) is 0 Å². The molecule has 0 bridgehead atoms. The molecule has 2 aromatic rings. The lowest BCUT2D eigenvalue weighted by Gasteiger charge is -2.26. The van der Waals surface area contributed by atoms with E-state index in [4.69, 9.17) is 14.2 Å². The van der Waals surface area contributed by atoms with E-state index in [0.29, 0.717) is 55.5 Å². The van der Waals surface area contributed by atoms with Crippen molar-refractivity contribution in [2.45, 2.75) is 19.5 Å². The fourth-order valence-corrected chi connectivity index (χ4v) is 3.39. The Kier molecular flexibility index (Phi) is 8.76. The molecule has 0 spiro atoms. The van der Waals surface area contributed by atoms with Gasteiger partial charge in [-0.3, -0.25) is 4.79 Å². The summed E-state index contributed by atoms with van der Waals surface area (Å²) >= 11 is 0. The van der Waals surface area contributed by atoms with Crippen LogP contribution in [0.5, 0.6) is 11.5 Å². The maximum Gasteiger partial charge on any atom is 0.416 e. The van der Waals surface area contributed by atoms with Crippen molar-refractivity contribution in [2.24, 2.45) is 0 Å². The van der Waals surface area contributed by atoms with E-state index in [1.165, 1.54) is 18.2 Å². The van der Waals surface area contributed by atoms with E-state index < -0.39 is 11.7 Å². The van der Waals surface area contributed by atoms with E-state index in [-0.39, 0.29) is 5.91 Å². The number of hydrogen-bond donors (Lipinski definition) is 0. The van der Waals surface area contributed by atoms with Gasteiger partial charge in [0, 0.05) is 19.2 Å². The number of alkyl halides is 3. The summed E-state index contributed by atoms with van der Waals surface area (Å²) in [5.74, 6) is 0.958. The number of allylic oxidation sites excluding steroid dienone is 2. The molecule has 0 saturated carbocycles. The van der Waals surface area contributed by atoms with Gasteiger partial charge in [0.2, 0.25) is 5.91 Å². The molecular weight excluding hydrogens is 447 g/mol. The third-order valence-electron chi connectivity index (χ3n) is 5.25. The number of rotatable bonds is 8. The van der Waals surface area contributed by atoms with Crippen molar-refractivity contribution >= 4 is 17.6 Å². The van der Waals surface area contributed by atoms with Gasteiger partial charge in [-0.2, -0.15) is 13.2 Å². The minimum atomic E-state index is -4.39. The zero-order chi connectivity index (χ0) is 24.6. The summed E-state index contributed by atoms with van der Waals surface area (Å²) in [6, 6.07) is 10.2. The van der Waals surface area contributed by atoms with Crippen LogP contribution in [-0.2, 0) is 15.7 Å². The number of ether oxygens (including phenoxy) is 3. The Morgan fingerprint density at radius 1 is 1.09 bits per heavy atom. The number of methoxy groups -OCH3 is 1. The summed E-state index contributed by atoms with van der Waals surface area (Å²) in [6.45, 7) is 4.46. The predicted octanol–water partition coefficient (Wildman–Crippen LogP) is 5.46. The highest BCUT2D eigenvalue weighted by Crippen LogP contribution is 2.32. The summed E-state index contributed by atoms with van der Waals surface area (Å²) < 4.78 is 55.1. The van der Waals surface area contributed by atoms with Crippen LogP contribution >= 0.6 is 0 Å². The highest BCUT2D eigenvalue weighted by molar-refractivity contribution is 5.98. The first-order chi connectivity index (χ1) is 16.3. The highest BCUT2D eigenvalue weighted by Gasteiger charge is 2.29. The van der Waals surface area contributed by atoms with E-state index in [2.05, 4.69) is 0 Å². The predicted molar refractivity (Wildman–Crippen MR) is 125 cm³/mol. The van der Waals surface area contributed by atoms with Crippen LogP contribution in [-0.4, -0.2) is 50.8 Å². The molecular formula is C26H28F3NO4. The molecule has 1 amide bonds. The van der Waals surface area contributed by atoms with Gasteiger partial charge >= 0.3 is 6.18 Å². The Bertz CT molecular complexity index is 1020. The van der Waals surface area contributed by atoms with Crippen molar-refractivity contribution in [1.29, 1.82) is 0 Å². The van der Waals surface area contributed by atoms with Gasteiger partial charge in [0.1, 0.15) is 0 Å². The van der Waals surface area contributed by atoms with Gasteiger partial charge in [-0.15, -0.1) is 0 Å². The molecule has 0 atom stereocenters. The van der Waals surface area contributed by atoms with Crippen LogP contribution in [0.4, 0.5) is 13.2 Å². The number of hydrogen-bond acceptors (Lipinski definition) is 4. The minimum Gasteiger partial charge on any atom is -0.493 e. The standard InChI is InChI=1S/C26H28F3NO4/c1-3-14-34-24-17-20(8-11-23(24)32-2)21(18-25(31)30-12-15-33-16-13-30)7-4-19-5-9-22(10-6-19)26(27,28)29/h4-11,17-18H,3,12-16H2,1-2H3. The quantitative estimate of drug-likeness (QED) is 0.376. The van der Waals surface area contributed by atoms with Crippen LogP contribution < -0.4 is 9.47 Å². The molecule has 182 valence electrons. The maximum absolute atomic E-state index is 12.9. The molecule has 0 aromatic heterocycles. The first kappa shape index (κ1) is 25.4. The van der Waals surface area contributed by atoms with Crippen LogP contribution in [0.1, 0.15) is 30.0 Å². The molecule has 5 nitrogen and oxygen atoms in total. The lowest BCUT2D eigenvalue weighted by Crippen LogP contribution is -2.39. The topological polar surface area (TPSA) is 48.0 Å². The van der Waals surface area contributed by atoms with E-state index in [9.17, 15) is 18.0 Å². The zero-order valence-electron chi connectivity index (χ0n) is 19.2. The molecule has 1 heterocycles. The first-order valence-corrected chi connectivity index (χ1v) is 11.1. The first-order valence-electron chi connectivity index (χ1n) is 11.1. The van der Waals surface area contributed by atoms with Gasteiger partial charge in [0.05, 0.1) is 32.5 Å². The lowest BCUT2D eigenvalue weighted by molar-refractivity contribution is -0.137. The van der Waals surface area contributed by atoms with Crippen molar-refractivity contribution < 1.29 is 32.2 Å². The number of halogens is 3. The third-order valence-corrected chi connectivity index (χ3v) is 5.25. The second kappa shape index (κ2) is 11.7. The Labute approximate surface area is 197 Å². The Morgan fingerprint density at radius 2 is 1.79 bits per heavy atom. The molecule has 0 unspecified atom stereocenters. The maximum atomic E-state index is 12.9. The van der Waals surface area contributed by atoms with E-state index in [1.807, 2.05) is 13.0 Å². The Morgan fingerprint density at radius 3 is 2.41 bits per heavy atom. The number of carbonyl (C=O) groups is 1. The van der Waals surface area contributed by atoms with Gasteiger partial charge < -0.3 is 19.1 Å². The normalized spacial score (nSPS) is 15.0. The van der Waals surface area contributed by atoms with Crippen molar-refractivity contribution in [3.8, 4) is 11.5 Å². The van der Waals surface area contributed by atoms with E-state index in [1.54, 1.807) is 36.3 Å². The molecule has 0 radical (unpaired) electrons. The molecule has 8 heteroatoms. The monoisotopic (exact) mass is 475 g/mol. The number of carbonyl (C=O) groups excluding carboxylic acids is 1. The van der Waals surface area contributed by atoms with E-state index >= 15 is 0 Å². The van der Waals surface area contributed by atoms with Crippen LogP contribution in [0.3, 0.4) is 0 Å². The van der Waals surface area contributed by atoms with Gasteiger partial charge in [-0.1, -0.05) is 37.3 Å². The number of benzene rings is 2. The average Bonchev–Trinajstić information content (AvgIpc) is 2.85. The fraction of sp³-hybridized carbons (Fsp3) is 0.346.